The lowest BCUT2D eigenvalue weighted by molar-refractivity contribution is -0.142. The summed E-state index contributed by atoms with van der Waals surface area (Å²) in [7, 11) is 7.69. The molecule has 0 bridgehead atoms. The quantitative estimate of drug-likeness (QED) is 0.0323. The Morgan fingerprint density at radius 1 is 0.388 bits per heavy atom. The summed E-state index contributed by atoms with van der Waals surface area (Å²) in [6.07, 6.45) is 2.08. The van der Waals surface area contributed by atoms with Gasteiger partial charge in [0.2, 0.25) is 23.6 Å². The number of fused-ring (bicyclic) bond motifs is 1. The molecule has 0 saturated carbocycles. The minimum atomic E-state index is -0.424. The van der Waals surface area contributed by atoms with E-state index in [4.69, 9.17) is 28.4 Å². The van der Waals surface area contributed by atoms with Crippen molar-refractivity contribution in [3.8, 4) is 5.75 Å². The van der Waals surface area contributed by atoms with Gasteiger partial charge >= 0.3 is 35.8 Å². The van der Waals surface area contributed by atoms with Crippen LogP contribution in [0.1, 0.15) is 64.2 Å². The largest absolute Gasteiger partial charge is 0.506 e. The third-order valence-corrected chi connectivity index (χ3v) is 12.8. The van der Waals surface area contributed by atoms with Crippen molar-refractivity contribution >= 4 is 76.0 Å². The van der Waals surface area contributed by atoms with Gasteiger partial charge in [-0.1, -0.05) is 0 Å². The van der Waals surface area contributed by atoms with E-state index in [-0.39, 0.29) is 179 Å². The number of aromatic nitrogens is 1. The topological polar surface area (TPSA) is 324 Å². The number of amides is 4. The molecule has 4 amide bonds. The summed E-state index contributed by atoms with van der Waals surface area (Å²) in [6.45, 7) is 4.73. The molecule has 1 heterocycles. The van der Waals surface area contributed by atoms with Crippen LogP contribution in [0.4, 0.5) is 5.69 Å². The van der Waals surface area contributed by atoms with Crippen LogP contribution in [0.3, 0.4) is 0 Å². The molecule has 80 heavy (non-hydrogen) atoms. The molecule has 2 aromatic rings. The lowest BCUT2D eigenvalue weighted by atomic mass is 10.1. The van der Waals surface area contributed by atoms with E-state index >= 15 is 0 Å². The molecular formula is C53H84N10O17. The Morgan fingerprint density at radius 3 is 0.988 bits per heavy atom. The van der Waals surface area contributed by atoms with E-state index in [0.717, 1.165) is 0 Å². The van der Waals surface area contributed by atoms with E-state index in [2.05, 4.69) is 26.3 Å². The number of nitrogens with zero attached hydrogens (tertiary/aromatic N) is 6. The van der Waals surface area contributed by atoms with Crippen LogP contribution in [-0.4, -0.2) is 254 Å². The van der Waals surface area contributed by atoms with Crippen LogP contribution < -0.4 is 21.3 Å². The molecule has 1 aromatic heterocycles. The number of aromatic hydroxyl groups is 1. The first-order chi connectivity index (χ1) is 38.4. The predicted octanol–water partition coefficient (Wildman–Crippen LogP) is -0.324. The zero-order chi connectivity index (χ0) is 59.1. The van der Waals surface area contributed by atoms with Crippen LogP contribution >= 0.6 is 0 Å². The Kier molecular flexibility index (Phi) is 35.4. The van der Waals surface area contributed by atoms with Gasteiger partial charge in [-0.2, -0.15) is 0 Å². The van der Waals surface area contributed by atoms with Crippen molar-refractivity contribution in [2.24, 2.45) is 0 Å². The average molecular weight is 1130 g/mol. The number of nitrogens with one attached hydrogen (secondary N) is 4. The molecule has 0 aliphatic rings. The summed E-state index contributed by atoms with van der Waals surface area (Å²) < 4.78 is 28.6. The number of esters is 6. The molecule has 0 saturated heterocycles. The van der Waals surface area contributed by atoms with Crippen LogP contribution in [0.2, 0.25) is 0 Å². The van der Waals surface area contributed by atoms with Gasteiger partial charge < -0.3 is 79.3 Å². The first-order valence-corrected chi connectivity index (χ1v) is 26.6. The van der Waals surface area contributed by atoms with Gasteiger partial charge in [-0.05, 0) is 24.3 Å². The Balaban J connectivity index is 2.28. The van der Waals surface area contributed by atoms with Crippen molar-refractivity contribution < 1.29 is 81.5 Å². The van der Waals surface area contributed by atoms with Gasteiger partial charge in [0.15, 0.2) is 0 Å². The van der Waals surface area contributed by atoms with Gasteiger partial charge in [-0.15, -0.1) is 0 Å². The maximum Gasteiger partial charge on any atom is 0.306 e. The lowest BCUT2D eigenvalue weighted by Gasteiger charge is -2.28. The molecule has 0 fully saturated rings. The highest BCUT2D eigenvalue weighted by Gasteiger charge is 2.19. The Hall–Kier alpha value is -7.07. The fraction of sp³-hybridized carbons (Fsp3) is 0.642. The number of pyridine rings is 1. The number of ether oxygens (including phenoxy) is 6. The molecule has 0 aliphatic carbocycles. The summed E-state index contributed by atoms with van der Waals surface area (Å²) in [4.78, 5) is 138. The van der Waals surface area contributed by atoms with Crippen molar-refractivity contribution in [2.75, 3.05) is 166 Å². The standard InChI is InChI=1S/C53H84N10O17/c1-75-47(69)15-29-59(30-16-48(70)76-2)35-22-54-43(65)11-25-62(26-12-44(66)55-23-36-60(31-17-49(71)77-3)32-18-50(72)78-4)38-39-63(28-14-46(68)58-41-9-10-42(64)53-40(41)8-7-21-57-53)27-13-45(67)56-24-37-61(33-19-51(73)79-5)34-20-52(74)80-6/h7-10,21,64H,11-20,22-39H2,1-6H3,(H,54,65)(H,55,66)(H,56,67)(H,58,68). The molecule has 0 radical (unpaired) electrons. The number of carbonyl (C=O) groups excluding carboxylic acids is 10. The normalized spacial score (nSPS) is 11.1. The van der Waals surface area contributed by atoms with Crippen LogP contribution in [0.5, 0.6) is 5.75 Å². The van der Waals surface area contributed by atoms with E-state index < -0.39 is 35.8 Å². The van der Waals surface area contributed by atoms with Crippen molar-refractivity contribution in [1.29, 1.82) is 0 Å². The molecule has 5 N–H and O–H groups in total. The van der Waals surface area contributed by atoms with Crippen LogP contribution in [0.15, 0.2) is 30.5 Å². The maximum absolute atomic E-state index is 13.5. The van der Waals surface area contributed by atoms with Gasteiger partial charge in [0.1, 0.15) is 11.3 Å². The second-order valence-electron chi connectivity index (χ2n) is 18.3. The Morgan fingerprint density at radius 2 is 0.675 bits per heavy atom. The molecule has 0 atom stereocenters. The Labute approximate surface area is 467 Å². The van der Waals surface area contributed by atoms with Crippen molar-refractivity contribution in [3.63, 3.8) is 0 Å². The van der Waals surface area contributed by atoms with Crippen molar-refractivity contribution in [1.82, 2.24) is 45.4 Å². The molecule has 27 heteroatoms. The number of carbonyl (C=O) groups is 10. The number of hydrogen-bond donors (Lipinski definition) is 5. The third kappa shape index (κ3) is 30.9. The van der Waals surface area contributed by atoms with Gasteiger partial charge in [0.05, 0.1) is 86.9 Å². The number of methoxy groups -OCH3 is 6. The third-order valence-electron chi connectivity index (χ3n) is 12.8. The molecule has 27 nitrogen and oxygen atoms in total. The summed E-state index contributed by atoms with van der Waals surface area (Å²) in [5.41, 5.74) is 0.763. The van der Waals surface area contributed by atoms with Gasteiger partial charge in [-0.25, -0.2) is 0 Å². The minimum absolute atomic E-state index is 0.00301. The second kappa shape index (κ2) is 41.0. The molecule has 0 spiro atoms. The molecule has 1 aromatic carbocycles. The number of hydrogen-bond acceptors (Lipinski definition) is 23. The minimum Gasteiger partial charge on any atom is -0.506 e. The molecule has 0 aliphatic heterocycles. The average Bonchev–Trinajstić information content (AvgIpc) is 3.46. The summed E-state index contributed by atoms with van der Waals surface area (Å²) in [6, 6.07) is 6.42. The molecule has 0 unspecified atom stereocenters. The van der Waals surface area contributed by atoms with E-state index in [1.165, 1.54) is 54.9 Å². The van der Waals surface area contributed by atoms with Crippen LogP contribution in [-0.2, 0) is 76.4 Å². The SMILES string of the molecule is COC(=O)CCN(CCNC(=O)CCN(CCC(=O)NCCN(CCC(=O)OC)CCC(=O)OC)CCN(CCC(=O)NCCN(CCC(=O)OC)CCC(=O)OC)CCC(=O)Nc1ccc(O)c2ncccc12)CCC(=O)OC. The van der Waals surface area contributed by atoms with Gasteiger partial charge in [-0.3, -0.25) is 52.9 Å². The number of rotatable bonds is 43. The zero-order valence-electron chi connectivity index (χ0n) is 47.3. The highest BCUT2D eigenvalue weighted by Crippen LogP contribution is 2.29. The summed E-state index contributed by atoms with van der Waals surface area (Å²) in [5.74, 6) is -3.82. The fourth-order valence-electron chi connectivity index (χ4n) is 7.91. The summed E-state index contributed by atoms with van der Waals surface area (Å²) in [5, 5.41) is 22.5. The first kappa shape index (κ1) is 69.0. The smallest absolute Gasteiger partial charge is 0.306 e. The predicted molar refractivity (Wildman–Crippen MR) is 292 cm³/mol. The molecule has 2 rings (SSSR count). The second-order valence-corrected chi connectivity index (χ2v) is 18.3. The van der Waals surface area contributed by atoms with E-state index in [0.29, 0.717) is 49.3 Å². The number of phenols is 1. The van der Waals surface area contributed by atoms with Crippen LogP contribution in [0.25, 0.3) is 10.9 Å². The number of phenolic OH excluding ortho intramolecular Hbond substituents is 1. The monoisotopic (exact) mass is 1130 g/mol. The number of benzene rings is 1. The lowest BCUT2D eigenvalue weighted by Crippen LogP contribution is -2.42. The first-order valence-electron chi connectivity index (χ1n) is 26.6. The van der Waals surface area contributed by atoms with Crippen molar-refractivity contribution in [2.45, 2.75) is 64.2 Å². The Bertz CT molecular complexity index is 2150. The summed E-state index contributed by atoms with van der Waals surface area (Å²) >= 11 is 0. The van der Waals surface area contributed by atoms with E-state index in [1.54, 1.807) is 18.2 Å². The van der Waals surface area contributed by atoms with Gasteiger partial charge in [0, 0.05) is 155 Å². The van der Waals surface area contributed by atoms with E-state index in [9.17, 15) is 53.1 Å². The zero-order valence-corrected chi connectivity index (χ0v) is 47.3. The van der Waals surface area contributed by atoms with Crippen molar-refractivity contribution in [3.05, 3.63) is 30.5 Å². The highest BCUT2D eigenvalue weighted by molar-refractivity contribution is 6.02. The number of anilines is 1. The fourth-order valence-corrected chi connectivity index (χ4v) is 7.91. The highest BCUT2D eigenvalue weighted by atomic mass is 16.5. The van der Waals surface area contributed by atoms with Crippen LogP contribution in [0, 0.1) is 0 Å². The maximum atomic E-state index is 13.5. The van der Waals surface area contributed by atoms with E-state index in [1.807, 2.05) is 24.5 Å². The molecule has 448 valence electrons. The molecular weight excluding hydrogens is 1050 g/mol. The van der Waals surface area contributed by atoms with Gasteiger partial charge in [0.25, 0.3) is 0 Å².